The first-order valence-corrected chi connectivity index (χ1v) is 6.46. The average molecular weight is 323 g/mol. The zero-order chi connectivity index (χ0) is 17.6. The lowest BCUT2D eigenvalue weighted by Gasteiger charge is -2.04. The Morgan fingerprint density at radius 3 is 2.22 bits per heavy atom. The van der Waals surface area contributed by atoms with Crippen LogP contribution in [0.2, 0.25) is 0 Å². The molecule has 1 heterocycles. The molecular formula is C15H17NO7. The molecule has 0 spiro atoms. The molecular weight excluding hydrogens is 306 g/mol. The molecule has 124 valence electrons. The van der Waals surface area contributed by atoms with Crippen molar-refractivity contribution in [1.29, 1.82) is 0 Å². The summed E-state index contributed by atoms with van der Waals surface area (Å²) in [5.74, 6) is -3.12. The van der Waals surface area contributed by atoms with Crippen LogP contribution in [0, 0.1) is 0 Å². The van der Waals surface area contributed by atoms with Gasteiger partial charge in [0.2, 0.25) is 0 Å². The number of carboxylic acid groups (broad SMARTS) is 2. The lowest BCUT2D eigenvalue weighted by Crippen LogP contribution is -2.09. The van der Waals surface area contributed by atoms with E-state index in [0.717, 1.165) is 17.7 Å². The van der Waals surface area contributed by atoms with Crippen LogP contribution < -0.4 is 0 Å². The highest BCUT2D eigenvalue weighted by Crippen LogP contribution is 2.21. The van der Waals surface area contributed by atoms with Crippen molar-refractivity contribution in [2.24, 2.45) is 0 Å². The molecule has 0 fully saturated rings. The van der Waals surface area contributed by atoms with Crippen molar-refractivity contribution in [3.05, 3.63) is 35.6 Å². The predicted octanol–water partition coefficient (Wildman–Crippen LogP) is 1.44. The Labute approximate surface area is 131 Å². The van der Waals surface area contributed by atoms with E-state index in [0.29, 0.717) is 11.1 Å². The Balaban J connectivity index is 0.000000379. The fourth-order valence-electron chi connectivity index (χ4n) is 1.72. The second-order valence-corrected chi connectivity index (χ2v) is 4.80. The topological polar surface area (TPSA) is 117 Å². The number of furan rings is 1. The summed E-state index contributed by atoms with van der Waals surface area (Å²) in [6.45, 7) is 0.738. The number of methoxy groups -OCH3 is 1. The maximum Gasteiger partial charge on any atom is 0.414 e. The Kier molecular flexibility index (Phi) is 6.28. The van der Waals surface area contributed by atoms with Gasteiger partial charge < -0.3 is 24.3 Å². The Bertz CT molecular complexity index is 706. The summed E-state index contributed by atoms with van der Waals surface area (Å²) < 4.78 is 10.3. The minimum Gasteiger partial charge on any atom is -0.473 e. The van der Waals surface area contributed by atoms with Gasteiger partial charge in [-0.1, -0.05) is 6.07 Å². The first kappa shape index (κ1) is 18.2. The van der Waals surface area contributed by atoms with Gasteiger partial charge in [0.1, 0.15) is 11.3 Å². The minimum atomic E-state index is -1.82. The largest absolute Gasteiger partial charge is 0.473 e. The third-order valence-electron chi connectivity index (χ3n) is 2.65. The van der Waals surface area contributed by atoms with Gasteiger partial charge in [0, 0.05) is 5.39 Å². The van der Waals surface area contributed by atoms with Gasteiger partial charge in [0.05, 0.1) is 19.2 Å². The van der Waals surface area contributed by atoms with Gasteiger partial charge in [-0.15, -0.1) is 0 Å². The molecule has 0 unspecified atom stereocenters. The summed E-state index contributed by atoms with van der Waals surface area (Å²) >= 11 is 0. The summed E-state index contributed by atoms with van der Waals surface area (Å²) in [4.78, 5) is 31.6. The molecule has 0 aliphatic rings. The molecule has 2 rings (SSSR count). The van der Waals surface area contributed by atoms with Crippen LogP contribution in [0.4, 0.5) is 0 Å². The van der Waals surface area contributed by atoms with Crippen LogP contribution in [-0.2, 0) is 20.9 Å². The fourth-order valence-corrected chi connectivity index (χ4v) is 1.72. The highest BCUT2D eigenvalue weighted by molar-refractivity contribution is 6.27. The summed E-state index contributed by atoms with van der Waals surface area (Å²) in [5, 5.41) is 15.8. The number of hydrogen-bond acceptors (Lipinski definition) is 6. The van der Waals surface area contributed by atoms with Crippen molar-refractivity contribution in [2.75, 3.05) is 21.2 Å². The zero-order valence-corrected chi connectivity index (χ0v) is 12.9. The minimum absolute atomic E-state index is 0.350. The van der Waals surface area contributed by atoms with Crippen LogP contribution in [0.3, 0.4) is 0 Å². The Hall–Kier alpha value is -2.87. The second-order valence-electron chi connectivity index (χ2n) is 4.80. The van der Waals surface area contributed by atoms with Gasteiger partial charge in [-0.3, -0.25) is 0 Å². The molecule has 23 heavy (non-hydrogen) atoms. The first-order valence-electron chi connectivity index (χ1n) is 6.46. The highest BCUT2D eigenvalue weighted by atomic mass is 16.5. The van der Waals surface area contributed by atoms with Crippen molar-refractivity contribution in [3.63, 3.8) is 0 Å². The number of carbonyl (C=O) groups excluding carboxylic acids is 1. The lowest BCUT2D eigenvalue weighted by atomic mass is 10.2. The zero-order valence-electron chi connectivity index (χ0n) is 12.9. The molecule has 0 saturated carbocycles. The van der Waals surface area contributed by atoms with Crippen molar-refractivity contribution in [2.45, 2.75) is 6.54 Å². The molecule has 1 aromatic carbocycles. The third-order valence-corrected chi connectivity index (χ3v) is 2.65. The van der Waals surface area contributed by atoms with E-state index in [4.69, 9.17) is 24.2 Å². The second kappa shape index (κ2) is 7.95. The van der Waals surface area contributed by atoms with Gasteiger partial charge in [-0.05, 0) is 32.3 Å². The molecule has 0 bridgehead atoms. The molecule has 0 saturated heterocycles. The molecule has 0 aliphatic carbocycles. The number of nitrogens with zero attached hydrogens (tertiary/aromatic N) is 1. The van der Waals surface area contributed by atoms with Crippen molar-refractivity contribution >= 4 is 28.9 Å². The Morgan fingerprint density at radius 1 is 1.13 bits per heavy atom. The highest BCUT2D eigenvalue weighted by Gasteiger charge is 2.09. The molecule has 0 amide bonds. The van der Waals surface area contributed by atoms with Crippen LogP contribution in [0.15, 0.2) is 28.7 Å². The Morgan fingerprint density at radius 2 is 1.74 bits per heavy atom. The van der Waals surface area contributed by atoms with Crippen molar-refractivity contribution in [1.82, 2.24) is 4.90 Å². The molecule has 2 aromatic rings. The summed E-state index contributed by atoms with van der Waals surface area (Å²) in [7, 11) is 5.33. The summed E-state index contributed by atoms with van der Waals surface area (Å²) in [6.07, 6.45) is 0. The van der Waals surface area contributed by atoms with E-state index in [2.05, 4.69) is 4.74 Å². The van der Waals surface area contributed by atoms with Crippen LogP contribution in [0.5, 0.6) is 0 Å². The molecule has 1 aromatic heterocycles. The number of rotatable bonds is 3. The lowest BCUT2D eigenvalue weighted by molar-refractivity contribution is -0.159. The van der Waals surface area contributed by atoms with Crippen LogP contribution in [0.25, 0.3) is 11.0 Å². The van der Waals surface area contributed by atoms with Gasteiger partial charge >= 0.3 is 17.9 Å². The molecule has 8 nitrogen and oxygen atoms in total. The molecule has 0 radical (unpaired) electrons. The summed E-state index contributed by atoms with van der Waals surface area (Å²) in [6, 6.07) is 7.30. The summed E-state index contributed by atoms with van der Waals surface area (Å²) in [5.41, 5.74) is 1.22. The average Bonchev–Trinajstić information content (AvgIpc) is 2.87. The maximum absolute atomic E-state index is 11.4. The van der Waals surface area contributed by atoms with E-state index in [1.807, 2.05) is 31.1 Å². The number of carboxylic acids is 2. The van der Waals surface area contributed by atoms with Crippen LogP contribution >= 0.6 is 0 Å². The number of esters is 1. The SMILES string of the molecule is COC(=O)c1ccc2cc(CN(C)C)oc2c1.O=C(O)C(=O)O. The molecule has 8 heteroatoms. The smallest absolute Gasteiger partial charge is 0.414 e. The normalized spacial score (nSPS) is 10.1. The monoisotopic (exact) mass is 323 g/mol. The number of hydrogen-bond donors (Lipinski definition) is 2. The van der Waals surface area contributed by atoms with Crippen LogP contribution in [-0.4, -0.2) is 54.2 Å². The van der Waals surface area contributed by atoms with Crippen LogP contribution in [0.1, 0.15) is 16.1 Å². The maximum atomic E-state index is 11.4. The van der Waals surface area contributed by atoms with E-state index >= 15 is 0 Å². The van der Waals surface area contributed by atoms with E-state index in [1.165, 1.54) is 7.11 Å². The number of carbonyl (C=O) groups is 3. The standard InChI is InChI=1S/C13H15NO3.C2H2O4/c1-14(2)8-11-6-9-4-5-10(13(15)16-3)7-12(9)17-11;3-1(4)2(5)6/h4-7H,8H2,1-3H3;(H,3,4)(H,5,6). The molecule has 0 aliphatic heterocycles. The predicted molar refractivity (Wildman–Crippen MR) is 80.2 cm³/mol. The van der Waals surface area contributed by atoms with Gasteiger partial charge in [-0.25, -0.2) is 14.4 Å². The van der Waals surface area contributed by atoms with Crippen molar-refractivity contribution < 1.29 is 33.8 Å². The first-order chi connectivity index (χ1) is 10.7. The van der Waals surface area contributed by atoms with Gasteiger partial charge in [0.15, 0.2) is 0 Å². The molecule has 2 N–H and O–H groups in total. The van der Waals surface area contributed by atoms with Gasteiger partial charge in [0.25, 0.3) is 0 Å². The number of ether oxygens (including phenoxy) is 1. The number of fused-ring (bicyclic) bond motifs is 1. The van der Waals surface area contributed by atoms with E-state index < -0.39 is 11.9 Å². The quantitative estimate of drug-likeness (QED) is 0.643. The van der Waals surface area contributed by atoms with Crippen molar-refractivity contribution in [3.8, 4) is 0 Å². The molecule has 0 atom stereocenters. The third kappa shape index (κ3) is 5.44. The van der Waals surface area contributed by atoms with E-state index in [-0.39, 0.29) is 5.97 Å². The van der Waals surface area contributed by atoms with Gasteiger partial charge in [-0.2, -0.15) is 0 Å². The fraction of sp³-hybridized carbons (Fsp3) is 0.267. The number of benzene rings is 1. The van der Waals surface area contributed by atoms with E-state index in [1.54, 1.807) is 12.1 Å². The van der Waals surface area contributed by atoms with E-state index in [9.17, 15) is 4.79 Å². The number of aliphatic carboxylic acids is 2.